The topological polar surface area (TPSA) is 54.4 Å². The average Bonchev–Trinajstić information content (AvgIpc) is 2.30. The average molecular weight is 180 g/mol. The van der Waals surface area contributed by atoms with Crippen molar-refractivity contribution in [2.24, 2.45) is 0 Å². The van der Waals surface area contributed by atoms with Crippen molar-refractivity contribution in [2.45, 2.75) is 26.2 Å². The summed E-state index contributed by atoms with van der Waals surface area (Å²) in [6.07, 6.45) is 4.81. The Labute approximate surface area is 76.8 Å². The summed E-state index contributed by atoms with van der Waals surface area (Å²) >= 11 is 0. The smallest absolute Gasteiger partial charge is 0.220 e. The zero-order valence-corrected chi connectivity index (χ0v) is 7.54. The Morgan fingerprint density at radius 1 is 1.46 bits per heavy atom. The molecule has 0 bridgehead atoms. The van der Waals surface area contributed by atoms with Gasteiger partial charge in [-0.05, 0) is 37.5 Å². The third-order valence-electron chi connectivity index (χ3n) is 1.89. The van der Waals surface area contributed by atoms with Crippen molar-refractivity contribution in [3.05, 3.63) is 23.5 Å². The summed E-state index contributed by atoms with van der Waals surface area (Å²) in [7, 11) is 0. The summed E-state index contributed by atoms with van der Waals surface area (Å²) in [6.45, 7) is 1.54. The summed E-state index contributed by atoms with van der Waals surface area (Å²) in [6, 6.07) is 0. The van der Waals surface area contributed by atoms with E-state index in [1.807, 2.05) is 0 Å². The second-order valence-corrected chi connectivity index (χ2v) is 3.17. The highest BCUT2D eigenvalue weighted by Gasteiger charge is 2.13. The van der Waals surface area contributed by atoms with Crippen molar-refractivity contribution in [1.29, 1.82) is 0 Å². The Morgan fingerprint density at radius 3 is 2.62 bits per heavy atom. The maximum Gasteiger partial charge on any atom is 0.220 e. The van der Waals surface area contributed by atoms with Crippen LogP contribution in [0, 0.1) is 0 Å². The Hall–Kier alpha value is -1.38. The largest absolute Gasteiger partial charge is 0.504 e. The molecule has 0 unspecified atom stereocenters. The van der Waals surface area contributed by atoms with Crippen molar-refractivity contribution < 1.29 is 14.7 Å². The quantitative estimate of drug-likeness (QED) is 0.716. The molecule has 3 nitrogen and oxygen atoms in total. The van der Waals surface area contributed by atoms with Crippen LogP contribution in [-0.2, 0) is 9.59 Å². The molecular formula is C10H12O3. The highest BCUT2D eigenvalue weighted by Crippen LogP contribution is 2.17. The SMILES string of the molecule is CC(=O)CCCC1=CC(=O)C(O)=C1. The number of carbonyl (C=O) groups excluding carboxylic acids is 2. The number of allylic oxidation sites excluding steroid dienone is 3. The van der Waals surface area contributed by atoms with Crippen LogP contribution < -0.4 is 0 Å². The number of rotatable bonds is 4. The molecule has 0 atom stereocenters. The van der Waals surface area contributed by atoms with Crippen LogP contribution in [0.5, 0.6) is 0 Å². The first kappa shape index (κ1) is 9.71. The second-order valence-electron chi connectivity index (χ2n) is 3.17. The van der Waals surface area contributed by atoms with E-state index < -0.39 is 0 Å². The lowest BCUT2D eigenvalue weighted by Crippen LogP contribution is -1.90. The van der Waals surface area contributed by atoms with Crippen LogP contribution in [0.15, 0.2) is 23.5 Å². The third-order valence-corrected chi connectivity index (χ3v) is 1.89. The minimum absolute atomic E-state index is 0.151. The number of hydrogen-bond acceptors (Lipinski definition) is 3. The van der Waals surface area contributed by atoms with Crippen LogP contribution >= 0.6 is 0 Å². The van der Waals surface area contributed by atoms with E-state index in [1.165, 1.54) is 12.2 Å². The van der Waals surface area contributed by atoms with E-state index in [0.717, 1.165) is 12.0 Å². The summed E-state index contributed by atoms with van der Waals surface area (Å²) in [5, 5.41) is 8.97. The highest BCUT2D eigenvalue weighted by molar-refractivity contribution is 6.05. The van der Waals surface area contributed by atoms with Gasteiger partial charge < -0.3 is 9.90 Å². The molecule has 1 aliphatic rings. The van der Waals surface area contributed by atoms with Gasteiger partial charge in [0, 0.05) is 6.42 Å². The Kier molecular flexibility index (Phi) is 3.01. The van der Waals surface area contributed by atoms with Crippen molar-refractivity contribution in [3.8, 4) is 0 Å². The van der Waals surface area contributed by atoms with E-state index in [4.69, 9.17) is 5.11 Å². The van der Waals surface area contributed by atoms with Gasteiger partial charge in [0.05, 0.1) is 0 Å². The fraction of sp³-hybridized carbons (Fsp3) is 0.400. The molecule has 0 aromatic carbocycles. The summed E-state index contributed by atoms with van der Waals surface area (Å²) < 4.78 is 0. The number of aliphatic hydroxyl groups is 1. The standard InChI is InChI=1S/C10H12O3/c1-7(11)3-2-4-8-5-9(12)10(13)6-8/h5-6H,2-4H2,1H3,(H,12,13). The van der Waals surface area contributed by atoms with Crippen LogP contribution in [0.1, 0.15) is 26.2 Å². The monoisotopic (exact) mass is 180 g/mol. The van der Waals surface area contributed by atoms with Crippen LogP contribution in [0.2, 0.25) is 0 Å². The molecule has 0 spiro atoms. The van der Waals surface area contributed by atoms with Crippen molar-refractivity contribution >= 4 is 11.6 Å². The molecule has 0 amide bonds. The number of hydrogen-bond donors (Lipinski definition) is 1. The normalized spacial score (nSPS) is 15.6. The lowest BCUT2D eigenvalue weighted by Gasteiger charge is -1.95. The molecule has 1 aliphatic carbocycles. The molecule has 1 N–H and O–H groups in total. The zero-order valence-electron chi connectivity index (χ0n) is 7.54. The van der Waals surface area contributed by atoms with Gasteiger partial charge in [-0.3, -0.25) is 4.79 Å². The van der Waals surface area contributed by atoms with Crippen LogP contribution in [0.4, 0.5) is 0 Å². The van der Waals surface area contributed by atoms with Crippen LogP contribution in [0.25, 0.3) is 0 Å². The van der Waals surface area contributed by atoms with Gasteiger partial charge in [-0.15, -0.1) is 0 Å². The van der Waals surface area contributed by atoms with Crippen molar-refractivity contribution in [1.82, 2.24) is 0 Å². The molecule has 70 valence electrons. The number of Topliss-reactive ketones (excluding diaryl/α,β-unsaturated/α-hetero) is 1. The Morgan fingerprint density at radius 2 is 2.15 bits per heavy atom. The molecule has 0 aromatic rings. The number of aliphatic hydroxyl groups excluding tert-OH is 1. The molecule has 0 fully saturated rings. The molecule has 0 saturated heterocycles. The van der Waals surface area contributed by atoms with E-state index >= 15 is 0 Å². The number of carbonyl (C=O) groups is 2. The second kappa shape index (κ2) is 4.03. The Balaban J connectivity index is 2.36. The van der Waals surface area contributed by atoms with Crippen LogP contribution in [0.3, 0.4) is 0 Å². The molecule has 1 rings (SSSR count). The Bertz CT molecular complexity index is 297. The van der Waals surface area contributed by atoms with E-state index in [-0.39, 0.29) is 17.3 Å². The maximum atomic E-state index is 10.8. The molecule has 0 heterocycles. The minimum Gasteiger partial charge on any atom is -0.504 e. The van der Waals surface area contributed by atoms with Gasteiger partial charge in [0.1, 0.15) is 5.78 Å². The van der Waals surface area contributed by atoms with E-state index in [2.05, 4.69) is 0 Å². The van der Waals surface area contributed by atoms with Gasteiger partial charge in [-0.2, -0.15) is 0 Å². The van der Waals surface area contributed by atoms with Crippen molar-refractivity contribution in [3.63, 3.8) is 0 Å². The van der Waals surface area contributed by atoms with Gasteiger partial charge in [0.15, 0.2) is 5.76 Å². The van der Waals surface area contributed by atoms with Crippen LogP contribution in [-0.4, -0.2) is 16.7 Å². The summed E-state index contributed by atoms with van der Waals surface area (Å²) in [5.41, 5.74) is 0.809. The predicted octanol–water partition coefficient (Wildman–Crippen LogP) is 1.70. The fourth-order valence-corrected chi connectivity index (χ4v) is 1.22. The molecule has 0 aliphatic heterocycles. The van der Waals surface area contributed by atoms with Gasteiger partial charge in [-0.1, -0.05) is 0 Å². The maximum absolute atomic E-state index is 10.8. The van der Waals surface area contributed by atoms with Crippen molar-refractivity contribution in [2.75, 3.05) is 0 Å². The van der Waals surface area contributed by atoms with E-state index in [0.29, 0.717) is 12.8 Å². The predicted molar refractivity (Wildman–Crippen MR) is 48.3 cm³/mol. The molecular weight excluding hydrogens is 168 g/mol. The van der Waals surface area contributed by atoms with Gasteiger partial charge >= 0.3 is 0 Å². The molecule has 13 heavy (non-hydrogen) atoms. The highest BCUT2D eigenvalue weighted by atomic mass is 16.3. The molecule has 3 heteroatoms. The lowest BCUT2D eigenvalue weighted by molar-refractivity contribution is -0.117. The minimum atomic E-state index is -0.335. The first-order valence-electron chi connectivity index (χ1n) is 4.24. The zero-order chi connectivity index (χ0) is 9.84. The van der Waals surface area contributed by atoms with Gasteiger partial charge in [0.2, 0.25) is 5.78 Å². The molecule has 0 radical (unpaired) electrons. The van der Waals surface area contributed by atoms with E-state index in [1.54, 1.807) is 6.92 Å². The first-order valence-corrected chi connectivity index (χ1v) is 4.24. The molecule has 0 aromatic heterocycles. The fourth-order valence-electron chi connectivity index (χ4n) is 1.22. The summed E-state index contributed by atoms with van der Waals surface area (Å²) in [5.74, 6) is -0.381. The van der Waals surface area contributed by atoms with E-state index in [9.17, 15) is 9.59 Å². The van der Waals surface area contributed by atoms with Gasteiger partial charge in [-0.25, -0.2) is 0 Å². The lowest BCUT2D eigenvalue weighted by atomic mass is 10.1. The molecule has 0 saturated carbocycles. The number of ketones is 2. The van der Waals surface area contributed by atoms with Gasteiger partial charge in [0.25, 0.3) is 0 Å². The third kappa shape index (κ3) is 2.86. The first-order chi connectivity index (χ1) is 6.09. The summed E-state index contributed by atoms with van der Waals surface area (Å²) in [4.78, 5) is 21.4.